The van der Waals surface area contributed by atoms with Gasteiger partial charge in [-0.25, -0.2) is 0 Å². The maximum absolute atomic E-state index is 12.5. The van der Waals surface area contributed by atoms with E-state index in [-0.39, 0.29) is 5.91 Å². The molecule has 1 heterocycles. The van der Waals surface area contributed by atoms with Crippen LogP contribution in [0.25, 0.3) is 0 Å². The van der Waals surface area contributed by atoms with Crippen LogP contribution in [0.15, 0.2) is 29.2 Å². The van der Waals surface area contributed by atoms with Gasteiger partial charge in [-0.1, -0.05) is 6.07 Å². The number of carbonyl (C=O) groups is 1. The van der Waals surface area contributed by atoms with E-state index in [4.69, 9.17) is 10.5 Å². The minimum absolute atomic E-state index is 0.0107. The molecule has 104 valence electrons. The summed E-state index contributed by atoms with van der Waals surface area (Å²) in [6, 6.07) is 7.85. The predicted molar refractivity (Wildman–Crippen MR) is 78.4 cm³/mol. The van der Waals surface area contributed by atoms with E-state index in [1.807, 2.05) is 30.5 Å². The van der Waals surface area contributed by atoms with Gasteiger partial charge in [0.25, 0.3) is 0 Å². The third-order valence-corrected chi connectivity index (χ3v) is 4.38. The van der Waals surface area contributed by atoms with Crippen LogP contribution < -0.4 is 11.1 Å². The second-order valence-electron chi connectivity index (χ2n) is 4.78. The van der Waals surface area contributed by atoms with Gasteiger partial charge in [0.1, 0.15) is 0 Å². The Hall–Kier alpha value is -1.04. The molecule has 0 aromatic heterocycles. The summed E-state index contributed by atoms with van der Waals surface area (Å²) in [6.07, 6.45) is 3.40. The van der Waals surface area contributed by atoms with E-state index in [9.17, 15) is 4.79 Å². The second-order valence-corrected chi connectivity index (χ2v) is 5.66. The van der Waals surface area contributed by atoms with Crippen molar-refractivity contribution in [3.8, 4) is 0 Å². The summed E-state index contributed by atoms with van der Waals surface area (Å²) < 4.78 is 5.32. The zero-order valence-corrected chi connectivity index (χ0v) is 12.0. The van der Waals surface area contributed by atoms with Gasteiger partial charge in [-0.15, -0.1) is 11.8 Å². The number of hydrogen-bond acceptors (Lipinski definition) is 4. The molecular formula is C14H20N2O2S. The number of hydrogen-bond donors (Lipinski definition) is 2. The quantitative estimate of drug-likeness (QED) is 0.829. The van der Waals surface area contributed by atoms with Gasteiger partial charge in [0.15, 0.2) is 0 Å². The van der Waals surface area contributed by atoms with Crippen LogP contribution in [0.1, 0.15) is 12.8 Å². The first-order valence-corrected chi connectivity index (χ1v) is 7.66. The number of ether oxygens (including phenoxy) is 1. The molecule has 3 N–H and O–H groups in total. The van der Waals surface area contributed by atoms with Crippen LogP contribution in [-0.2, 0) is 9.53 Å². The number of thioether (sulfide) groups is 1. The van der Waals surface area contributed by atoms with E-state index in [0.717, 1.165) is 10.6 Å². The zero-order chi connectivity index (χ0) is 13.7. The molecule has 0 saturated carbocycles. The Kier molecular flexibility index (Phi) is 4.85. The Morgan fingerprint density at radius 1 is 1.47 bits per heavy atom. The van der Waals surface area contributed by atoms with Gasteiger partial charge in [0.2, 0.25) is 5.91 Å². The number of carbonyl (C=O) groups excluding carboxylic acids is 1. The van der Waals surface area contributed by atoms with Crippen molar-refractivity contribution in [2.75, 3.05) is 31.3 Å². The number of nitrogens with two attached hydrogens (primary N) is 1. The largest absolute Gasteiger partial charge is 0.381 e. The second kappa shape index (κ2) is 6.41. The summed E-state index contributed by atoms with van der Waals surface area (Å²) in [5.74, 6) is 0.0107. The number of benzene rings is 1. The fraction of sp³-hybridized carbons (Fsp3) is 0.500. The van der Waals surface area contributed by atoms with Crippen LogP contribution in [0.3, 0.4) is 0 Å². The normalized spacial score (nSPS) is 18.0. The summed E-state index contributed by atoms with van der Waals surface area (Å²) in [5.41, 5.74) is 6.18. The Bertz CT molecular complexity index is 445. The van der Waals surface area contributed by atoms with Gasteiger partial charge in [-0.3, -0.25) is 4.79 Å². The molecule has 1 saturated heterocycles. The molecule has 0 unspecified atom stereocenters. The molecule has 1 aliphatic rings. The third-order valence-electron chi connectivity index (χ3n) is 3.65. The van der Waals surface area contributed by atoms with Gasteiger partial charge in [-0.05, 0) is 37.3 Å². The van der Waals surface area contributed by atoms with Gasteiger partial charge in [-0.2, -0.15) is 0 Å². The van der Waals surface area contributed by atoms with E-state index in [1.165, 1.54) is 0 Å². The summed E-state index contributed by atoms with van der Waals surface area (Å²) in [6.45, 7) is 1.58. The summed E-state index contributed by atoms with van der Waals surface area (Å²) >= 11 is 1.65. The van der Waals surface area contributed by atoms with Crippen LogP contribution >= 0.6 is 11.8 Å². The van der Waals surface area contributed by atoms with E-state index in [1.54, 1.807) is 11.8 Å². The van der Waals surface area contributed by atoms with Crippen molar-refractivity contribution in [3.63, 3.8) is 0 Å². The van der Waals surface area contributed by atoms with Crippen molar-refractivity contribution in [1.82, 2.24) is 0 Å². The van der Waals surface area contributed by atoms with Crippen molar-refractivity contribution in [1.29, 1.82) is 0 Å². The lowest BCUT2D eigenvalue weighted by Gasteiger charge is -2.34. The molecular weight excluding hydrogens is 260 g/mol. The summed E-state index contributed by atoms with van der Waals surface area (Å²) in [5, 5.41) is 2.99. The SMILES string of the molecule is CSc1cccc(NC(=O)C2(CN)CCOCC2)c1. The Morgan fingerprint density at radius 3 is 2.84 bits per heavy atom. The Morgan fingerprint density at radius 2 is 2.21 bits per heavy atom. The van der Waals surface area contributed by atoms with Crippen LogP contribution in [0.2, 0.25) is 0 Å². The maximum atomic E-state index is 12.5. The topological polar surface area (TPSA) is 64.4 Å². The van der Waals surface area contributed by atoms with Crippen molar-refractivity contribution in [2.24, 2.45) is 11.1 Å². The molecule has 0 bridgehead atoms. The highest BCUT2D eigenvalue weighted by Crippen LogP contribution is 2.31. The first kappa shape index (κ1) is 14.4. The number of amides is 1. The predicted octanol–water partition coefficient (Wildman–Crippen LogP) is 2.10. The number of anilines is 1. The van der Waals surface area contributed by atoms with Crippen molar-refractivity contribution in [2.45, 2.75) is 17.7 Å². The molecule has 1 aromatic rings. The smallest absolute Gasteiger partial charge is 0.232 e. The van der Waals surface area contributed by atoms with Crippen molar-refractivity contribution >= 4 is 23.4 Å². The lowest BCUT2D eigenvalue weighted by Crippen LogP contribution is -2.46. The molecule has 1 amide bonds. The lowest BCUT2D eigenvalue weighted by atomic mass is 9.79. The van der Waals surface area contributed by atoms with E-state index in [2.05, 4.69) is 5.32 Å². The number of nitrogens with one attached hydrogen (secondary N) is 1. The monoisotopic (exact) mass is 280 g/mol. The third kappa shape index (κ3) is 3.29. The molecule has 1 aromatic carbocycles. The molecule has 0 atom stereocenters. The van der Waals surface area contributed by atoms with Gasteiger partial charge >= 0.3 is 0 Å². The highest BCUT2D eigenvalue weighted by atomic mass is 32.2. The molecule has 19 heavy (non-hydrogen) atoms. The highest BCUT2D eigenvalue weighted by molar-refractivity contribution is 7.98. The van der Waals surface area contributed by atoms with E-state index < -0.39 is 5.41 Å². The first-order valence-electron chi connectivity index (χ1n) is 6.43. The van der Waals surface area contributed by atoms with Crippen LogP contribution in [0.4, 0.5) is 5.69 Å². The van der Waals surface area contributed by atoms with Crippen LogP contribution in [0.5, 0.6) is 0 Å². The zero-order valence-electron chi connectivity index (χ0n) is 11.1. The molecule has 1 aliphatic heterocycles. The molecule has 1 fully saturated rings. The summed E-state index contributed by atoms with van der Waals surface area (Å²) in [7, 11) is 0. The highest BCUT2D eigenvalue weighted by Gasteiger charge is 2.38. The van der Waals surface area contributed by atoms with Crippen molar-refractivity contribution < 1.29 is 9.53 Å². The van der Waals surface area contributed by atoms with E-state index >= 15 is 0 Å². The van der Waals surface area contributed by atoms with Gasteiger partial charge in [0, 0.05) is 30.3 Å². The first-order chi connectivity index (χ1) is 9.20. The average Bonchev–Trinajstić information content (AvgIpc) is 2.48. The van der Waals surface area contributed by atoms with Crippen LogP contribution in [-0.4, -0.2) is 31.9 Å². The van der Waals surface area contributed by atoms with Gasteiger partial charge < -0.3 is 15.8 Å². The molecule has 0 radical (unpaired) electrons. The molecule has 5 heteroatoms. The number of rotatable bonds is 4. The molecule has 0 aliphatic carbocycles. The van der Waals surface area contributed by atoms with E-state index in [0.29, 0.717) is 32.6 Å². The molecule has 4 nitrogen and oxygen atoms in total. The van der Waals surface area contributed by atoms with Crippen molar-refractivity contribution in [3.05, 3.63) is 24.3 Å². The average molecular weight is 280 g/mol. The fourth-order valence-electron chi connectivity index (χ4n) is 2.25. The minimum atomic E-state index is -0.479. The maximum Gasteiger partial charge on any atom is 0.232 e. The standard InChI is InChI=1S/C14H20N2O2S/c1-19-12-4-2-3-11(9-12)16-13(17)14(10-15)5-7-18-8-6-14/h2-4,9H,5-8,10,15H2,1H3,(H,16,17). The molecule has 0 spiro atoms. The lowest BCUT2D eigenvalue weighted by molar-refractivity contribution is -0.130. The minimum Gasteiger partial charge on any atom is -0.381 e. The Balaban J connectivity index is 2.10. The van der Waals surface area contributed by atoms with Gasteiger partial charge in [0.05, 0.1) is 5.41 Å². The van der Waals surface area contributed by atoms with Crippen LogP contribution in [0, 0.1) is 5.41 Å². The summed E-state index contributed by atoms with van der Waals surface area (Å²) in [4.78, 5) is 13.6. The Labute approximate surface area is 118 Å². The fourth-order valence-corrected chi connectivity index (χ4v) is 2.71. The molecule has 2 rings (SSSR count).